The van der Waals surface area contributed by atoms with E-state index in [9.17, 15) is 18.5 Å². The SMILES string of the molecule is CNCC1CCN(S(=O)(=O)c2ccc([N+](=O)[O-])c3cccnc23)CC1. The number of hydrogen-bond donors (Lipinski definition) is 1. The van der Waals surface area contributed by atoms with Gasteiger partial charge < -0.3 is 5.32 Å². The third-order valence-electron chi connectivity index (χ3n) is 4.59. The molecule has 2 heterocycles. The van der Waals surface area contributed by atoms with Crippen molar-refractivity contribution in [2.45, 2.75) is 17.7 Å². The summed E-state index contributed by atoms with van der Waals surface area (Å²) in [7, 11) is -1.85. The fraction of sp³-hybridized carbons (Fsp3) is 0.438. The van der Waals surface area contributed by atoms with Crippen LogP contribution in [0.4, 0.5) is 5.69 Å². The second-order valence-electron chi connectivity index (χ2n) is 6.14. The van der Waals surface area contributed by atoms with Crippen LogP contribution >= 0.6 is 0 Å². The molecule has 1 aromatic heterocycles. The topological polar surface area (TPSA) is 105 Å². The molecule has 0 unspecified atom stereocenters. The van der Waals surface area contributed by atoms with Crippen molar-refractivity contribution in [2.24, 2.45) is 5.92 Å². The monoisotopic (exact) mass is 364 g/mol. The number of nitro groups is 1. The number of rotatable bonds is 5. The van der Waals surface area contributed by atoms with E-state index in [4.69, 9.17) is 0 Å². The lowest BCUT2D eigenvalue weighted by Gasteiger charge is -2.31. The standard InChI is InChI=1S/C16H20N4O4S/c1-17-11-12-6-9-19(10-7-12)25(23,24)15-5-4-14(20(21)22)13-3-2-8-18-16(13)15/h2-5,8,12,17H,6-7,9-11H2,1H3. The quantitative estimate of drug-likeness (QED) is 0.640. The molecule has 1 fully saturated rings. The van der Waals surface area contributed by atoms with E-state index in [1.54, 1.807) is 6.07 Å². The lowest BCUT2D eigenvalue weighted by molar-refractivity contribution is -0.383. The number of fused-ring (bicyclic) bond motifs is 1. The summed E-state index contributed by atoms with van der Waals surface area (Å²) in [6.07, 6.45) is 3.03. The van der Waals surface area contributed by atoms with E-state index in [2.05, 4.69) is 10.3 Å². The number of nitro benzene ring substituents is 1. The molecule has 9 heteroatoms. The van der Waals surface area contributed by atoms with Crippen LogP contribution in [0.1, 0.15) is 12.8 Å². The lowest BCUT2D eigenvalue weighted by Crippen LogP contribution is -2.40. The Labute approximate surface area is 146 Å². The smallest absolute Gasteiger partial charge is 0.278 e. The van der Waals surface area contributed by atoms with E-state index in [1.807, 2.05) is 7.05 Å². The van der Waals surface area contributed by atoms with Gasteiger partial charge in [-0.25, -0.2) is 8.42 Å². The Morgan fingerprint density at radius 2 is 2.04 bits per heavy atom. The number of nitrogens with one attached hydrogen (secondary N) is 1. The van der Waals surface area contributed by atoms with Crippen molar-refractivity contribution in [3.8, 4) is 0 Å². The maximum atomic E-state index is 13.0. The van der Waals surface area contributed by atoms with Gasteiger partial charge in [0, 0.05) is 25.4 Å². The Bertz CT molecular complexity index is 892. The van der Waals surface area contributed by atoms with Crippen LogP contribution in [0.15, 0.2) is 35.4 Å². The summed E-state index contributed by atoms with van der Waals surface area (Å²) in [5.74, 6) is 0.461. The van der Waals surface area contributed by atoms with Crippen LogP contribution < -0.4 is 5.32 Å². The van der Waals surface area contributed by atoms with E-state index in [-0.39, 0.29) is 21.5 Å². The highest BCUT2D eigenvalue weighted by Gasteiger charge is 2.32. The predicted octanol–water partition coefficient (Wildman–Crippen LogP) is 1.76. The molecule has 2 aromatic rings. The molecule has 0 amide bonds. The number of nitrogens with zero attached hydrogens (tertiary/aromatic N) is 3. The summed E-state index contributed by atoms with van der Waals surface area (Å²) in [4.78, 5) is 14.8. The average molecular weight is 364 g/mol. The van der Waals surface area contributed by atoms with Gasteiger partial charge in [0.25, 0.3) is 5.69 Å². The molecular weight excluding hydrogens is 344 g/mol. The molecule has 0 atom stereocenters. The zero-order valence-corrected chi connectivity index (χ0v) is 14.7. The number of sulfonamides is 1. The molecule has 1 saturated heterocycles. The molecule has 8 nitrogen and oxygen atoms in total. The minimum Gasteiger partial charge on any atom is -0.319 e. The fourth-order valence-corrected chi connectivity index (χ4v) is 4.90. The Hall–Kier alpha value is -2.10. The zero-order valence-electron chi connectivity index (χ0n) is 13.9. The van der Waals surface area contributed by atoms with Crippen molar-refractivity contribution >= 4 is 26.6 Å². The van der Waals surface area contributed by atoms with Gasteiger partial charge in [-0.2, -0.15) is 4.31 Å². The van der Waals surface area contributed by atoms with Crippen molar-refractivity contribution < 1.29 is 13.3 Å². The Morgan fingerprint density at radius 3 is 2.68 bits per heavy atom. The number of benzene rings is 1. The van der Waals surface area contributed by atoms with Gasteiger partial charge in [-0.1, -0.05) is 0 Å². The highest BCUT2D eigenvalue weighted by Crippen LogP contribution is 2.32. The number of pyridine rings is 1. The van der Waals surface area contributed by atoms with Crippen LogP contribution in [0, 0.1) is 16.0 Å². The summed E-state index contributed by atoms with van der Waals surface area (Å²) >= 11 is 0. The minimum atomic E-state index is -3.74. The maximum absolute atomic E-state index is 13.0. The summed E-state index contributed by atoms with van der Waals surface area (Å²) in [5, 5.41) is 14.5. The van der Waals surface area contributed by atoms with Gasteiger partial charge in [0.05, 0.1) is 15.8 Å². The molecule has 0 saturated carbocycles. The second-order valence-corrected chi connectivity index (χ2v) is 8.05. The molecule has 0 aliphatic carbocycles. The third kappa shape index (κ3) is 3.35. The highest BCUT2D eigenvalue weighted by molar-refractivity contribution is 7.89. The Balaban J connectivity index is 1.99. The van der Waals surface area contributed by atoms with E-state index in [0.717, 1.165) is 19.4 Å². The number of non-ortho nitro benzene ring substituents is 1. The van der Waals surface area contributed by atoms with Crippen molar-refractivity contribution in [1.82, 2.24) is 14.6 Å². The van der Waals surface area contributed by atoms with Gasteiger partial charge >= 0.3 is 0 Å². The van der Waals surface area contributed by atoms with Gasteiger partial charge in [0.2, 0.25) is 10.0 Å². The molecule has 1 aliphatic rings. The number of piperidine rings is 1. The molecule has 0 bridgehead atoms. The van der Waals surface area contributed by atoms with E-state index in [1.165, 1.54) is 28.7 Å². The summed E-state index contributed by atoms with van der Waals surface area (Å²) in [6.45, 7) is 1.76. The molecule has 0 spiro atoms. The van der Waals surface area contributed by atoms with E-state index < -0.39 is 14.9 Å². The van der Waals surface area contributed by atoms with Crippen molar-refractivity contribution in [3.63, 3.8) is 0 Å². The first-order valence-corrected chi connectivity index (χ1v) is 9.56. The van der Waals surface area contributed by atoms with E-state index >= 15 is 0 Å². The summed E-state index contributed by atoms with van der Waals surface area (Å²) < 4.78 is 27.5. The molecule has 1 aliphatic heterocycles. The summed E-state index contributed by atoms with van der Waals surface area (Å²) in [6, 6.07) is 5.63. The van der Waals surface area contributed by atoms with Gasteiger partial charge in [-0.3, -0.25) is 15.1 Å². The normalized spacial score (nSPS) is 17.0. The van der Waals surface area contributed by atoms with E-state index in [0.29, 0.717) is 19.0 Å². The Morgan fingerprint density at radius 1 is 1.32 bits per heavy atom. The van der Waals surface area contributed by atoms with Gasteiger partial charge in [-0.05, 0) is 50.6 Å². The largest absolute Gasteiger partial charge is 0.319 e. The van der Waals surface area contributed by atoms with Gasteiger partial charge in [-0.15, -0.1) is 0 Å². The molecule has 1 N–H and O–H groups in total. The van der Waals surface area contributed by atoms with Crippen LogP contribution in [0.5, 0.6) is 0 Å². The number of hydrogen-bond acceptors (Lipinski definition) is 6. The third-order valence-corrected chi connectivity index (χ3v) is 6.52. The maximum Gasteiger partial charge on any atom is 0.278 e. The van der Waals surface area contributed by atoms with Crippen molar-refractivity contribution in [2.75, 3.05) is 26.7 Å². The lowest BCUT2D eigenvalue weighted by atomic mass is 9.98. The average Bonchev–Trinajstić information content (AvgIpc) is 2.61. The first-order chi connectivity index (χ1) is 11.9. The second kappa shape index (κ2) is 7.03. The predicted molar refractivity (Wildman–Crippen MR) is 93.8 cm³/mol. The Kier molecular flexibility index (Phi) is 4.98. The molecule has 0 radical (unpaired) electrons. The highest BCUT2D eigenvalue weighted by atomic mass is 32.2. The fourth-order valence-electron chi connectivity index (χ4n) is 3.28. The van der Waals surface area contributed by atoms with Crippen LogP contribution in [0.3, 0.4) is 0 Å². The molecule has 134 valence electrons. The van der Waals surface area contributed by atoms with Crippen molar-refractivity contribution in [1.29, 1.82) is 0 Å². The first-order valence-electron chi connectivity index (χ1n) is 8.12. The molecule has 3 rings (SSSR count). The number of aromatic nitrogens is 1. The van der Waals surface area contributed by atoms with Crippen LogP contribution in [0.2, 0.25) is 0 Å². The van der Waals surface area contributed by atoms with Gasteiger partial charge in [0.1, 0.15) is 4.90 Å². The van der Waals surface area contributed by atoms with Crippen LogP contribution in [-0.4, -0.2) is 49.3 Å². The molecular formula is C16H20N4O4S. The van der Waals surface area contributed by atoms with Crippen LogP contribution in [0.25, 0.3) is 10.9 Å². The minimum absolute atomic E-state index is 0.0285. The molecule has 25 heavy (non-hydrogen) atoms. The summed E-state index contributed by atoms with van der Waals surface area (Å²) in [5.41, 5.74) is 0.00354. The van der Waals surface area contributed by atoms with Crippen LogP contribution in [-0.2, 0) is 10.0 Å². The van der Waals surface area contributed by atoms with Gasteiger partial charge in [0.15, 0.2) is 0 Å². The molecule has 1 aromatic carbocycles. The first kappa shape index (κ1) is 17.7. The zero-order chi connectivity index (χ0) is 18.0. The van der Waals surface area contributed by atoms with Crippen molar-refractivity contribution in [3.05, 3.63) is 40.6 Å².